The third-order valence-electron chi connectivity index (χ3n) is 15.2. The quantitative estimate of drug-likeness (QED) is 0.0283. The van der Waals surface area contributed by atoms with Crippen molar-refractivity contribution in [2.75, 3.05) is 26.4 Å². The summed E-state index contributed by atoms with van der Waals surface area (Å²) >= 11 is 17.0. The van der Waals surface area contributed by atoms with E-state index in [1.807, 2.05) is 24.3 Å². The Morgan fingerprint density at radius 3 is 0.815 bits per heavy atom. The Hall–Kier alpha value is -6.42. The summed E-state index contributed by atoms with van der Waals surface area (Å²) < 4.78 is 30.6. The fourth-order valence-corrected chi connectivity index (χ4v) is 16.0. The first-order valence-electron chi connectivity index (χ1n) is 28.4. The van der Waals surface area contributed by atoms with E-state index in [4.69, 9.17) is 51.6 Å². The molecular formula is C68H71Cl3N4O4Si2. The molecule has 0 unspecified atom stereocenters. The highest BCUT2D eigenvalue weighted by molar-refractivity contribution is 7.64. The molecule has 0 aliphatic rings. The number of rotatable bonds is 24. The predicted octanol–water partition coefficient (Wildman–Crippen LogP) is 18.5. The SMILES string of the molecule is C=CCCCC[Si](Cl)(Cl)Cl.C=CCCCC[Si](OCCn1c2ccccc2c2ccccc21)(OCCn1c2ccccc2c2ccccc21)OCCn1c2ccccc2c2ccccc21.OCCn1c2ccccc2c2ccccc21. The van der Waals surface area contributed by atoms with Crippen molar-refractivity contribution in [2.24, 2.45) is 0 Å². The number of fused-ring (bicyclic) bond motifs is 12. The van der Waals surface area contributed by atoms with E-state index in [1.54, 1.807) is 0 Å². The van der Waals surface area contributed by atoms with Gasteiger partial charge < -0.3 is 36.7 Å². The van der Waals surface area contributed by atoms with E-state index < -0.39 is 14.8 Å². The highest BCUT2D eigenvalue weighted by Gasteiger charge is 2.41. The summed E-state index contributed by atoms with van der Waals surface area (Å²) in [5.74, 6) is 0. The molecule has 81 heavy (non-hydrogen) atoms. The Morgan fingerprint density at radius 2 is 0.580 bits per heavy atom. The number of aliphatic hydroxyl groups is 1. The molecule has 0 fully saturated rings. The maximum absolute atomic E-state index is 9.14. The molecule has 4 aromatic heterocycles. The summed E-state index contributed by atoms with van der Waals surface area (Å²) in [5, 5.41) is 19.2. The molecule has 0 bridgehead atoms. The van der Waals surface area contributed by atoms with E-state index in [0.29, 0.717) is 46.0 Å². The normalized spacial score (nSPS) is 12.0. The average Bonchev–Trinajstić information content (AvgIpc) is 4.37. The van der Waals surface area contributed by atoms with Crippen LogP contribution in [0.4, 0.5) is 0 Å². The zero-order valence-corrected chi connectivity index (χ0v) is 50.2. The number of hydrogen-bond donors (Lipinski definition) is 1. The molecule has 416 valence electrons. The van der Waals surface area contributed by atoms with Crippen LogP contribution in [0.25, 0.3) is 87.2 Å². The number of benzene rings is 8. The molecule has 0 aliphatic heterocycles. The number of para-hydroxylation sites is 8. The molecule has 0 spiro atoms. The fraction of sp³-hybridized carbons (Fsp3) is 0.235. The maximum atomic E-state index is 9.14. The van der Waals surface area contributed by atoms with Gasteiger partial charge in [-0.2, -0.15) is 0 Å². The zero-order chi connectivity index (χ0) is 56.0. The monoisotopic (exact) mass is 1170 g/mol. The van der Waals surface area contributed by atoms with Crippen molar-refractivity contribution in [1.29, 1.82) is 0 Å². The van der Waals surface area contributed by atoms with Gasteiger partial charge in [-0.05, 0) is 86.7 Å². The second-order valence-electron chi connectivity index (χ2n) is 20.4. The van der Waals surface area contributed by atoms with Crippen LogP contribution >= 0.6 is 33.2 Å². The third-order valence-corrected chi connectivity index (χ3v) is 20.7. The molecule has 0 saturated carbocycles. The van der Waals surface area contributed by atoms with E-state index in [0.717, 1.165) is 50.6 Å². The standard InChI is InChI=1S/C48H47N3O3Si.C14H13NO.C6H11Cl3Si/c1-2-3-4-17-36-55(52-33-30-49-43-24-11-5-18-37(43)38-19-6-12-25-44(38)49,53-34-31-50-45-26-13-7-20-39(45)40-21-8-14-27-46(40)50)54-35-32-51-47-28-15-9-22-41(47)42-23-10-16-29-48(42)51;16-10-9-15-13-7-3-1-5-11(13)12-6-2-4-8-14(12)15;1-2-3-4-5-6-10(7,8)9/h2,5-16,18-29H,1,3-4,17,30-36H2;1-8,16H,9-10H2;2H,1,3-6H2. The van der Waals surface area contributed by atoms with Gasteiger partial charge in [0, 0.05) is 119 Å². The van der Waals surface area contributed by atoms with E-state index in [1.165, 1.54) is 87.2 Å². The lowest BCUT2D eigenvalue weighted by atomic mass is 10.2. The van der Waals surface area contributed by atoms with Crippen molar-refractivity contribution < 1.29 is 18.4 Å². The molecule has 0 aliphatic carbocycles. The Labute approximate surface area is 491 Å². The van der Waals surface area contributed by atoms with Crippen LogP contribution in [-0.4, -0.2) is 64.6 Å². The molecule has 13 heteroatoms. The van der Waals surface area contributed by atoms with Crippen molar-refractivity contribution >= 4 is 135 Å². The van der Waals surface area contributed by atoms with Gasteiger partial charge in [0.05, 0.1) is 26.4 Å². The molecule has 0 atom stereocenters. The summed E-state index contributed by atoms with van der Waals surface area (Å²) in [5.41, 5.74) is 9.66. The van der Waals surface area contributed by atoms with Gasteiger partial charge in [0.2, 0.25) is 0 Å². The summed E-state index contributed by atoms with van der Waals surface area (Å²) in [6.07, 6.45) is 9.92. The van der Waals surface area contributed by atoms with E-state index in [9.17, 15) is 0 Å². The Balaban J connectivity index is 0.000000231. The van der Waals surface area contributed by atoms with Gasteiger partial charge in [-0.15, -0.1) is 46.4 Å². The smallest absolute Gasteiger partial charge is 0.395 e. The van der Waals surface area contributed by atoms with Gasteiger partial charge in [0.25, 0.3) is 0 Å². The maximum Gasteiger partial charge on any atom is 0.501 e. The van der Waals surface area contributed by atoms with Crippen molar-refractivity contribution in [2.45, 2.75) is 76.8 Å². The van der Waals surface area contributed by atoms with Crippen LogP contribution in [-0.2, 0) is 39.5 Å². The molecule has 0 radical (unpaired) electrons. The first-order valence-corrected chi connectivity index (χ1v) is 35.5. The van der Waals surface area contributed by atoms with Gasteiger partial charge in [0.15, 0.2) is 0 Å². The minimum Gasteiger partial charge on any atom is -0.395 e. The summed E-state index contributed by atoms with van der Waals surface area (Å²) in [6, 6.07) is 67.8. The van der Waals surface area contributed by atoms with Crippen LogP contribution in [0.1, 0.15) is 38.5 Å². The van der Waals surface area contributed by atoms with Crippen LogP contribution in [0, 0.1) is 0 Å². The second-order valence-corrected chi connectivity index (χ2v) is 32.4. The van der Waals surface area contributed by atoms with Crippen LogP contribution in [0.2, 0.25) is 12.1 Å². The van der Waals surface area contributed by atoms with Crippen molar-refractivity contribution in [3.05, 3.63) is 219 Å². The van der Waals surface area contributed by atoms with Crippen LogP contribution in [0.5, 0.6) is 0 Å². The fourth-order valence-electron chi connectivity index (χ4n) is 11.5. The number of halogens is 3. The summed E-state index contributed by atoms with van der Waals surface area (Å²) in [4.78, 5) is 0. The van der Waals surface area contributed by atoms with Crippen molar-refractivity contribution in [3.8, 4) is 0 Å². The third kappa shape index (κ3) is 13.4. The highest BCUT2D eigenvalue weighted by atomic mass is 35.8. The van der Waals surface area contributed by atoms with Crippen molar-refractivity contribution in [1.82, 2.24) is 18.3 Å². The van der Waals surface area contributed by atoms with Gasteiger partial charge in [-0.25, -0.2) is 0 Å². The number of allylic oxidation sites excluding steroid dienone is 2. The number of hydrogen-bond acceptors (Lipinski definition) is 4. The number of unbranched alkanes of at least 4 members (excludes halogenated alkanes) is 4. The zero-order valence-electron chi connectivity index (χ0n) is 46.0. The number of aromatic nitrogens is 4. The molecule has 12 aromatic rings. The number of aliphatic hydroxyl groups excluding tert-OH is 1. The largest absolute Gasteiger partial charge is 0.501 e. The van der Waals surface area contributed by atoms with E-state index >= 15 is 0 Å². The lowest BCUT2D eigenvalue weighted by Crippen LogP contribution is -2.47. The molecule has 8 nitrogen and oxygen atoms in total. The van der Waals surface area contributed by atoms with Crippen LogP contribution in [0.15, 0.2) is 219 Å². The second kappa shape index (κ2) is 27.6. The average molecular weight is 1170 g/mol. The first kappa shape index (κ1) is 57.8. The van der Waals surface area contributed by atoms with Crippen LogP contribution < -0.4 is 0 Å². The van der Waals surface area contributed by atoms with Crippen LogP contribution in [0.3, 0.4) is 0 Å². The lowest BCUT2D eigenvalue weighted by molar-refractivity contribution is 0.0526. The lowest BCUT2D eigenvalue weighted by Gasteiger charge is -2.30. The van der Waals surface area contributed by atoms with Gasteiger partial charge in [-0.1, -0.05) is 164 Å². The molecular weight excluding hydrogens is 1100 g/mol. The molecule has 12 rings (SSSR count). The topological polar surface area (TPSA) is 67.6 Å². The molecule has 1 N–H and O–H groups in total. The molecule has 8 aromatic carbocycles. The molecule has 0 saturated heterocycles. The predicted molar refractivity (Wildman–Crippen MR) is 349 cm³/mol. The van der Waals surface area contributed by atoms with Gasteiger partial charge >= 0.3 is 14.8 Å². The minimum atomic E-state index is -3.23. The molecule has 4 heterocycles. The number of nitrogens with zero attached hydrogens (tertiary/aromatic N) is 4. The van der Waals surface area contributed by atoms with Crippen molar-refractivity contribution in [3.63, 3.8) is 0 Å². The summed E-state index contributed by atoms with van der Waals surface area (Å²) in [6.45, 7) is 12.0. The van der Waals surface area contributed by atoms with Gasteiger partial charge in [-0.3, -0.25) is 0 Å². The van der Waals surface area contributed by atoms with E-state index in [-0.39, 0.29) is 6.61 Å². The highest BCUT2D eigenvalue weighted by Crippen LogP contribution is 2.34. The Morgan fingerprint density at radius 1 is 0.346 bits per heavy atom. The van der Waals surface area contributed by atoms with E-state index in [2.05, 4.69) is 213 Å². The first-order chi connectivity index (χ1) is 39.7. The Kier molecular flexibility index (Phi) is 19.7. The molecule has 0 amide bonds. The van der Waals surface area contributed by atoms with Gasteiger partial charge in [0.1, 0.15) is 0 Å². The Bertz CT molecular complexity index is 3550. The summed E-state index contributed by atoms with van der Waals surface area (Å²) in [7, 11) is -3.23. The minimum absolute atomic E-state index is 0.169.